The Balaban J connectivity index is 1.85. The van der Waals surface area contributed by atoms with Crippen LogP contribution in [0.2, 0.25) is 0 Å². The predicted octanol–water partition coefficient (Wildman–Crippen LogP) is 2.87. The van der Waals surface area contributed by atoms with E-state index in [1.165, 1.54) is 44.6 Å². The van der Waals surface area contributed by atoms with E-state index in [0.717, 1.165) is 6.42 Å². The molecule has 0 unspecified atom stereocenters. The van der Waals surface area contributed by atoms with Crippen molar-refractivity contribution in [1.82, 2.24) is 10.6 Å². The normalized spacial score (nSPS) is 18.5. The number of carbonyl (C=O) groups is 2. The summed E-state index contributed by atoms with van der Waals surface area (Å²) in [7, 11) is 0. The minimum atomic E-state index is -0.556. The van der Waals surface area contributed by atoms with Gasteiger partial charge in [-0.1, -0.05) is 26.2 Å². The van der Waals surface area contributed by atoms with Crippen molar-refractivity contribution in [2.24, 2.45) is 5.92 Å². The zero-order valence-electron chi connectivity index (χ0n) is 13.4. The molecule has 1 aliphatic rings. The number of furan rings is 1. The number of nitrogens with one attached hydrogen (secondary N) is 2. The molecular formula is C17H26N2O3. The van der Waals surface area contributed by atoms with Gasteiger partial charge in [0.1, 0.15) is 12.3 Å². The van der Waals surface area contributed by atoms with Crippen LogP contribution in [0.5, 0.6) is 0 Å². The first kappa shape index (κ1) is 16.6. The fraction of sp³-hybridized carbons (Fsp3) is 0.647. The molecule has 0 spiro atoms. The van der Waals surface area contributed by atoms with Gasteiger partial charge < -0.3 is 15.1 Å². The van der Waals surface area contributed by atoms with E-state index in [4.69, 9.17) is 4.42 Å². The van der Waals surface area contributed by atoms with Crippen LogP contribution in [0.1, 0.15) is 62.7 Å². The molecule has 1 aromatic heterocycles. The monoisotopic (exact) mass is 306 g/mol. The van der Waals surface area contributed by atoms with Crippen LogP contribution in [-0.4, -0.2) is 23.9 Å². The Morgan fingerprint density at radius 3 is 2.59 bits per heavy atom. The summed E-state index contributed by atoms with van der Waals surface area (Å²) < 4.78 is 4.88. The van der Waals surface area contributed by atoms with E-state index < -0.39 is 6.04 Å². The van der Waals surface area contributed by atoms with Crippen LogP contribution < -0.4 is 10.6 Å². The summed E-state index contributed by atoms with van der Waals surface area (Å²) in [5, 5.41) is 5.81. The number of hydrogen-bond donors (Lipinski definition) is 2. The maximum absolute atomic E-state index is 12.3. The molecule has 1 heterocycles. The summed E-state index contributed by atoms with van der Waals surface area (Å²) >= 11 is 0. The summed E-state index contributed by atoms with van der Waals surface area (Å²) in [6.07, 6.45) is 9.93. The molecule has 2 amide bonds. The third-order valence-electron chi connectivity index (χ3n) is 4.51. The molecule has 5 heteroatoms. The summed E-state index contributed by atoms with van der Waals surface area (Å²) in [6.45, 7) is 3.81. The molecule has 1 aromatic rings. The van der Waals surface area contributed by atoms with E-state index >= 15 is 0 Å². The van der Waals surface area contributed by atoms with Gasteiger partial charge in [0.25, 0.3) is 5.91 Å². The molecule has 0 bridgehead atoms. The Labute approximate surface area is 131 Å². The third kappa shape index (κ3) is 4.36. The van der Waals surface area contributed by atoms with Crippen molar-refractivity contribution in [3.8, 4) is 0 Å². The molecule has 1 aliphatic carbocycles. The lowest BCUT2D eigenvalue weighted by molar-refractivity contribution is -0.123. The Morgan fingerprint density at radius 1 is 1.27 bits per heavy atom. The largest absolute Gasteiger partial charge is 0.472 e. The van der Waals surface area contributed by atoms with E-state index in [9.17, 15) is 9.59 Å². The molecule has 0 radical (unpaired) electrons. The fourth-order valence-corrected chi connectivity index (χ4v) is 3.14. The van der Waals surface area contributed by atoms with Crippen molar-refractivity contribution in [2.75, 3.05) is 0 Å². The number of hydrogen-bond acceptors (Lipinski definition) is 3. The van der Waals surface area contributed by atoms with Crippen LogP contribution in [0, 0.1) is 5.92 Å². The van der Waals surface area contributed by atoms with Gasteiger partial charge in [0, 0.05) is 6.04 Å². The van der Waals surface area contributed by atoms with E-state index in [0.29, 0.717) is 11.5 Å². The Bertz CT molecular complexity index is 478. The quantitative estimate of drug-likeness (QED) is 0.849. The summed E-state index contributed by atoms with van der Waals surface area (Å²) in [5.41, 5.74) is 0.430. The maximum Gasteiger partial charge on any atom is 0.255 e. The standard InChI is InChI=1S/C17H26N2O3/c1-3-15(13-7-5-4-6-8-13)19-16(20)12(2)18-17(21)14-9-10-22-11-14/h9-13,15H,3-8H2,1-2H3,(H,18,21)(H,19,20)/t12-,15+/m0/s1. The fourth-order valence-electron chi connectivity index (χ4n) is 3.14. The van der Waals surface area contributed by atoms with Gasteiger partial charge in [-0.05, 0) is 38.2 Å². The molecule has 2 rings (SSSR count). The van der Waals surface area contributed by atoms with Gasteiger partial charge in [-0.25, -0.2) is 0 Å². The predicted molar refractivity (Wildman–Crippen MR) is 84.4 cm³/mol. The van der Waals surface area contributed by atoms with Gasteiger partial charge in [-0.3, -0.25) is 9.59 Å². The molecule has 22 heavy (non-hydrogen) atoms. The molecule has 122 valence electrons. The van der Waals surface area contributed by atoms with E-state index in [2.05, 4.69) is 17.6 Å². The molecule has 1 saturated carbocycles. The highest BCUT2D eigenvalue weighted by Crippen LogP contribution is 2.27. The van der Waals surface area contributed by atoms with Crippen LogP contribution in [0.3, 0.4) is 0 Å². The van der Waals surface area contributed by atoms with Gasteiger partial charge >= 0.3 is 0 Å². The Morgan fingerprint density at radius 2 is 2.00 bits per heavy atom. The molecule has 2 N–H and O–H groups in total. The Kier molecular flexibility index (Phi) is 6.04. The van der Waals surface area contributed by atoms with Gasteiger partial charge in [0.2, 0.25) is 5.91 Å². The van der Waals surface area contributed by atoms with E-state index in [1.54, 1.807) is 13.0 Å². The number of amides is 2. The minimum Gasteiger partial charge on any atom is -0.472 e. The summed E-state index contributed by atoms with van der Waals surface area (Å²) in [4.78, 5) is 24.2. The lowest BCUT2D eigenvalue weighted by Crippen LogP contribution is -2.50. The molecule has 2 atom stereocenters. The first-order chi connectivity index (χ1) is 10.6. The van der Waals surface area contributed by atoms with Crippen molar-refractivity contribution in [3.05, 3.63) is 24.2 Å². The topological polar surface area (TPSA) is 71.3 Å². The lowest BCUT2D eigenvalue weighted by Gasteiger charge is -2.31. The second-order valence-electron chi connectivity index (χ2n) is 6.13. The highest BCUT2D eigenvalue weighted by molar-refractivity contribution is 5.97. The highest BCUT2D eigenvalue weighted by Gasteiger charge is 2.26. The average molecular weight is 306 g/mol. The van der Waals surface area contributed by atoms with Crippen LogP contribution >= 0.6 is 0 Å². The van der Waals surface area contributed by atoms with Crippen molar-refractivity contribution in [1.29, 1.82) is 0 Å². The number of carbonyl (C=O) groups excluding carboxylic acids is 2. The lowest BCUT2D eigenvalue weighted by atomic mass is 9.83. The molecular weight excluding hydrogens is 280 g/mol. The third-order valence-corrected chi connectivity index (χ3v) is 4.51. The first-order valence-corrected chi connectivity index (χ1v) is 8.25. The van der Waals surface area contributed by atoms with Gasteiger partial charge in [0.15, 0.2) is 0 Å². The molecule has 0 aromatic carbocycles. The summed E-state index contributed by atoms with van der Waals surface area (Å²) in [6, 6.07) is 1.23. The molecule has 0 aliphatic heterocycles. The van der Waals surface area contributed by atoms with Crippen molar-refractivity contribution < 1.29 is 14.0 Å². The van der Waals surface area contributed by atoms with Crippen molar-refractivity contribution in [3.63, 3.8) is 0 Å². The minimum absolute atomic E-state index is 0.116. The maximum atomic E-state index is 12.3. The summed E-state index contributed by atoms with van der Waals surface area (Å²) in [5.74, 6) is 0.163. The van der Waals surface area contributed by atoms with Gasteiger partial charge in [-0.15, -0.1) is 0 Å². The molecule has 5 nitrogen and oxygen atoms in total. The van der Waals surface area contributed by atoms with Crippen LogP contribution in [0.4, 0.5) is 0 Å². The zero-order valence-corrected chi connectivity index (χ0v) is 13.4. The zero-order chi connectivity index (χ0) is 15.9. The average Bonchev–Trinajstić information content (AvgIpc) is 3.07. The second kappa shape index (κ2) is 8.01. The van der Waals surface area contributed by atoms with Crippen LogP contribution in [0.15, 0.2) is 23.0 Å². The second-order valence-corrected chi connectivity index (χ2v) is 6.13. The van der Waals surface area contributed by atoms with Crippen LogP contribution in [0.25, 0.3) is 0 Å². The first-order valence-electron chi connectivity index (χ1n) is 8.25. The van der Waals surface area contributed by atoms with E-state index in [1.807, 2.05) is 0 Å². The highest BCUT2D eigenvalue weighted by atomic mass is 16.3. The SMILES string of the molecule is CC[C@@H](NC(=O)[C@H](C)NC(=O)c1ccoc1)C1CCCCC1. The van der Waals surface area contributed by atoms with Gasteiger partial charge in [0.05, 0.1) is 11.8 Å². The van der Waals surface area contributed by atoms with Crippen LogP contribution in [-0.2, 0) is 4.79 Å². The number of rotatable bonds is 6. The van der Waals surface area contributed by atoms with E-state index in [-0.39, 0.29) is 17.9 Å². The Hall–Kier alpha value is -1.78. The van der Waals surface area contributed by atoms with Gasteiger partial charge in [-0.2, -0.15) is 0 Å². The molecule has 1 fully saturated rings. The smallest absolute Gasteiger partial charge is 0.255 e. The molecule has 0 saturated heterocycles. The van der Waals surface area contributed by atoms with Crippen molar-refractivity contribution >= 4 is 11.8 Å². The van der Waals surface area contributed by atoms with Crippen molar-refractivity contribution in [2.45, 2.75) is 64.5 Å².